The zero-order valence-corrected chi connectivity index (χ0v) is 69.2. The first-order valence-corrected chi connectivity index (χ1v) is 41.2. The molecule has 0 unspecified atom stereocenters. The standard InChI is InChI=1S/C27H35N5O3.C25H28N4O3.C20H21N3O3.C20H19N3O3/c1-5-32(6-2)14-13-28-17-21-18-29-23-11-9-19(15-22(21)23)26-30-27(35-31-26)20-10-12-24(33-7-3)25(16-20)34-8-4;1-3-30-22-10-8-18(14-23(22)31-4-2)25-27-24(28-32-25)17-7-9-21-20(13-17)19(15-26-21)16-29-11-5-6-12-29;2*1-3-24-17-8-6-15(12-18(17)25-4-2)20-22-19(23-26-20)14-5-7-16-13(11-14)9-10-21-16/h9-12,15-16,18,28-29H,5-8,13-14,17H2,1-4H3;7-10,13-15,26H,3-6,11-12,16H2,1-2H3;5-8,11-12,21H,3-4,9-10H2,1-2H3;5-12,21H,3-4H2,1-2H3. The van der Waals surface area contributed by atoms with Crippen molar-refractivity contribution in [2.24, 2.45) is 0 Å². The van der Waals surface area contributed by atoms with Crippen LogP contribution in [0.5, 0.6) is 46.0 Å². The van der Waals surface area contributed by atoms with E-state index in [4.69, 9.17) is 56.0 Å². The number of likely N-dealkylation sites (tertiary alicyclic amines) is 1. The molecule has 1 saturated heterocycles. The molecular weight excluding hydrogens is 1510 g/mol. The van der Waals surface area contributed by atoms with Gasteiger partial charge in [-0.1, -0.05) is 34.5 Å². The van der Waals surface area contributed by atoms with Crippen LogP contribution in [0.2, 0.25) is 0 Å². The van der Waals surface area contributed by atoms with Crippen molar-refractivity contribution in [3.8, 4) is 137 Å². The summed E-state index contributed by atoms with van der Waals surface area (Å²) in [6.07, 6.45) is 9.68. The van der Waals surface area contributed by atoms with Gasteiger partial charge in [-0.2, -0.15) is 19.9 Å². The van der Waals surface area contributed by atoms with Crippen molar-refractivity contribution in [1.82, 2.24) is 70.6 Å². The van der Waals surface area contributed by atoms with Gasteiger partial charge in [0.15, 0.2) is 46.0 Å². The fraction of sp³-hybridized carbons (Fsp3) is 0.326. The molecule has 5 N–H and O–H groups in total. The van der Waals surface area contributed by atoms with Gasteiger partial charge in [0.1, 0.15) is 0 Å². The number of benzene rings is 8. The van der Waals surface area contributed by atoms with Crippen LogP contribution < -0.4 is 48.5 Å². The maximum absolute atomic E-state index is 5.73. The van der Waals surface area contributed by atoms with Crippen LogP contribution in [0.15, 0.2) is 188 Å². The van der Waals surface area contributed by atoms with E-state index in [-0.39, 0.29) is 0 Å². The van der Waals surface area contributed by atoms with Gasteiger partial charge in [0.05, 0.1) is 52.9 Å². The van der Waals surface area contributed by atoms with Gasteiger partial charge in [0.25, 0.3) is 23.6 Å². The lowest BCUT2D eigenvalue weighted by Gasteiger charge is -2.17. The molecule has 7 aromatic heterocycles. The molecule has 0 spiro atoms. The Morgan fingerprint density at radius 3 is 1.19 bits per heavy atom. The van der Waals surface area contributed by atoms with Crippen LogP contribution in [0.3, 0.4) is 0 Å². The van der Waals surface area contributed by atoms with E-state index in [0.717, 1.165) is 124 Å². The first-order valence-electron chi connectivity index (χ1n) is 41.2. The highest BCUT2D eigenvalue weighted by Crippen LogP contribution is 2.40. The van der Waals surface area contributed by atoms with Crippen LogP contribution in [0.25, 0.3) is 124 Å². The topological polar surface area (TPSA) is 307 Å². The van der Waals surface area contributed by atoms with E-state index in [1.807, 2.05) is 177 Å². The van der Waals surface area contributed by atoms with Crippen LogP contribution in [-0.4, -0.2) is 164 Å². The van der Waals surface area contributed by atoms with Gasteiger partial charge < -0.3 is 86.5 Å². The molecule has 0 bridgehead atoms. The third-order valence-electron chi connectivity index (χ3n) is 20.2. The fourth-order valence-corrected chi connectivity index (χ4v) is 14.3. The molecule has 2 aliphatic rings. The molecule has 9 heterocycles. The minimum Gasteiger partial charge on any atom is -0.490 e. The van der Waals surface area contributed by atoms with Gasteiger partial charge in [-0.05, 0) is 269 Å². The molecule has 0 aliphatic carbocycles. The lowest BCUT2D eigenvalue weighted by molar-refractivity contribution is 0.288. The molecule has 0 radical (unpaired) electrons. The van der Waals surface area contributed by atoms with E-state index >= 15 is 0 Å². The Bertz CT molecular complexity index is 5790. The first kappa shape index (κ1) is 82.5. The molecule has 2 aliphatic heterocycles. The number of ether oxygens (including phenoxy) is 8. The Labute approximate surface area is 691 Å². The summed E-state index contributed by atoms with van der Waals surface area (Å²) in [4.78, 5) is 33.2. The van der Waals surface area contributed by atoms with Gasteiger partial charge in [0.2, 0.25) is 23.3 Å². The summed E-state index contributed by atoms with van der Waals surface area (Å²) >= 11 is 0. The zero-order chi connectivity index (χ0) is 82.4. The number of rotatable bonds is 33. The SMILES string of the molecule is CCOc1ccc(-c2nc(-c3ccc4[nH]cc(CN5CCCC5)c4c3)no2)cc1OCC.CCOc1ccc(-c2nc(-c3ccc4[nH]cc(CNCCN(CC)CC)c4c3)no2)cc1OCC.CCOc1ccc(-c2nc(-c3ccc4[nH]ccc4c3)no2)cc1OCC.CCOc1ccc(-c2nc(-c3ccc4c(c3)CCN4)no2)cc1OCC. The summed E-state index contributed by atoms with van der Waals surface area (Å²) < 4.78 is 67.4. The maximum atomic E-state index is 5.73. The van der Waals surface area contributed by atoms with Crippen molar-refractivity contribution < 1.29 is 56.0 Å². The number of nitrogens with zero attached hydrogens (tertiary/aromatic N) is 10. The number of hydrogen-bond donors (Lipinski definition) is 5. The number of hydrogen-bond acceptors (Lipinski definition) is 24. The highest BCUT2D eigenvalue weighted by Gasteiger charge is 2.23. The molecule has 119 heavy (non-hydrogen) atoms. The van der Waals surface area contributed by atoms with Crippen LogP contribution in [0.4, 0.5) is 5.69 Å². The Morgan fingerprint density at radius 1 is 0.387 bits per heavy atom. The van der Waals surface area contributed by atoms with E-state index in [9.17, 15) is 0 Å². The third kappa shape index (κ3) is 20.2. The van der Waals surface area contributed by atoms with Crippen LogP contribution in [-0.2, 0) is 19.5 Å². The lowest BCUT2D eigenvalue weighted by atomic mass is 10.1. The molecule has 618 valence electrons. The lowest BCUT2D eigenvalue weighted by Crippen LogP contribution is -2.31. The van der Waals surface area contributed by atoms with Crippen molar-refractivity contribution in [3.63, 3.8) is 0 Å². The van der Waals surface area contributed by atoms with Crippen molar-refractivity contribution in [1.29, 1.82) is 0 Å². The number of aromatic nitrogens is 11. The molecule has 0 saturated carbocycles. The van der Waals surface area contributed by atoms with Gasteiger partial charge >= 0.3 is 0 Å². The number of fused-ring (bicyclic) bond motifs is 4. The average molecular weight is 1610 g/mol. The van der Waals surface area contributed by atoms with Crippen LogP contribution in [0.1, 0.15) is 98.8 Å². The normalized spacial score (nSPS) is 12.4. The first-order chi connectivity index (χ1) is 58.5. The van der Waals surface area contributed by atoms with Crippen molar-refractivity contribution >= 4 is 38.4 Å². The Balaban J connectivity index is 0.000000131. The van der Waals surface area contributed by atoms with E-state index in [0.29, 0.717) is 146 Å². The second kappa shape index (κ2) is 40.3. The minimum atomic E-state index is 0.441. The smallest absolute Gasteiger partial charge is 0.258 e. The summed E-state index contributed by atoms with van der Waals surface area (Å²) in [6.45, 7) is 33.7. The van der Waals surface area contributed by atoms with E-state index in [1.54, 1.807) is 0 Å². The van der Waals surface area contributed by atoms with Crippen LogP contribution >= 0.6 is 0 Å². The third-order valence-corrected chi connectivity index (χ3v) is 20.2. The Kier molecular flexibility index (Phi) is 27.9. The Morgan fingerprint density at radius 2 is 0.765 bits per heavy atom. The van der Waals surface area contributed by atoms with Crippen molar-refractivity contribution in [2.45, 2.75) is 102 Å². The zero-order valence-electron chi connectivity index (χ0n) is 69.2. The minimum absolute atomic E-state index is 0.441. The number of anilines is 1. The van der Waals surface area contributed by atoms with E-state index in [2.05, 4.69) is 139 Å². The number of nitrogens with one attached hydrogen (secondary N) is 5. The molecule has 15 aromatic rings. The maximum Gasteiger partial charge on any atom is 0.258 e. The molecular formula is C92H103N15O12. The fourth-order valence-electron chi connectivity index (χ4n) is 14.3. The second-order valence-electron chi connectivity index (χ2n) is 28.0. The van der Waals surface area contributed by atoms with Crippen LogP contribution in [0, 0.1) is 0 Å². The molecule has 1 fully saturated rings. The van der Waals surface area contributed by atoms with Crippen molar-refractivity contribution in [3.05, 3.63) is 187 Å². The largest absolute Gasteiger partial charge is 0.490 e. The molecule has 0 atom stereocenters. The average Bonchev–Trinajstić information content (AvgIpc) is 1.62. The predicted octanol–water partition coefficient (Wildman–Crippen LogP) is 19.2. The quantitative estimate of drug-likeness (QED) is 0.0239. The molecule has 17 rings (SSSR count). The summed E-state index contributed by atoms with van der Waals surface area (Å²) in [5.41, 5.74) is 15.2. The van der Waals surface area contributed by atoms with Gasteiger partial charge in [-0.25, -0.2) is 0 Å². The molecule has 8 aromatic carbocycles. The number of likely N-dealkylation sites (N-methyl/N-ethyl adjacent to an activating group) is 1. The number of H-pyrrole nitrogens is 3. The second-order valence-corrected chi connectivity index (χ2v) is 28.0. The van der Waals surface area contributed by atoms with E-state index < -0.39 is 0 Å². The van der Waals surface area contributed by atoms with Crippen molar-refractivity contribution in [2.75, 3.05) is 104 Å². The monoisotopic (exact) mass is 1610 g/mol. The summed E-state index contributed by atoms with van der Waals surface area (Å²) in [7, 11) is 0. The molecule has 27 heteroatoms. The van der Waals surface area contributed by atoms with Gasteiger partial charge in [-0.15, -0.1) is 0 Å². The van der Waals surface area contributed by atoms with E-state index in [1.165, 1.54) is 53.7 Å². The number of aromatic amines is 3. The summed E-state index contributed by atoms with van der Waals surface area (Å²) in [6, 6.07) is 49.2. The summed E-state index contributed by atoms with van der Waals surface area (Å²) in [5.74, 6) is 9.57. The Hall–Kier alpha value is -13.0. The predicted molar refractivity (Wildman–Crippen MR) is 462 cm³/mol. The molecule has 0 amide bonds. The summed E-state index contributed by atoms with van der Waals surface area (Å²) in [5, 5.41) is 27.1. The highest BCUT2D eigenvalue weighted by atomic mass is 16.5. The van der Waals surface area contributed by atoms with Gasteiger partial charge in [-0.3, -0.25) is 4.90 Å². The molecule has 27 nitrogen and oxygen atoms in total. The van der Waals surface area contributed by atoms with Gasteiger partial charge in [0, 0.05) is 134 Å². The highest BCUT2D eigenvalue weighted by molar-refractivity contribution is 5.89.